The van der Waals surface area contributed by atoms with Crippen molar-refractivity contribution in [2.75, 3.05) is 16.0 Å². The molecule has 198 valence electrons. The van der Waals surface area contributed by atoms with Gasteiger partial charge in [-0.05, 0) is 70.0 Å². The minimum Gasteiger partial charge on any atom is -0.507 e. The Kier molecular flexibility index (Phi) is 7.11. The van der Waals surface area contributed by atoms with E-state index in [1.165, 1.54) is 12.1 Å². The van der Waals surface area contributed by atoms with Gasteiger partial charge in [-0.1, -0.05) is 24.3 Å². The maximum atomic E-state index is 12.7. The first kappa shape index (κ1) is 26.0. The van der Waals surface area contributed by atoms with E-state index >= 15 is 0 Å². The number of urea groups is 1. The molecule has 5 rings (SSSR count). The number of amides is 2. The number of fused-ring (bicyclic) bond motifs is 1. The molecule has 12 heteroatoms. The lowest BCUT2D eigenvalue weighted by molar-refractivity contribution is -0.137. The predicted molar refractivity (Wildman–Crippen MR) is 146 cm³/mol. The van der Waals surface area contributed by atoms with Crippen molar-refractivity contribution in [2.24, 2.45) is 0 Å². The van der Waals surface area contributed by atoms with Crippen molar-refractivity contribution in [2.45, 2.75) is 12.7 Å². The lowest BCUT2D eigenvalue weighted by atomic mass is 10.1. The zero-order valence-electron chi connectivity index (χ0n) is 20.0. The Labute approximate surface area is 228 Å². The molecular weight excluding hydrogens is 577 g/mol. The molecule has 8 nitrogen and oxygen atoms in total. The normalized spacial score (nSPS) is 11.4. The minimum atomic E-state index is -4.44. The van der Waals surface area contributed by atoms with Gasteiger partial charge in [0.25, 0.3) is 0 Å². The highest BCUT2D eigenvalue weighted by Gasteiger charge is 2.30. The summed E-state index contributed by atoms with van der Waals surface area (Å²) in [7, 11) is 0. The van der Waals surface area contributed by atoms with Gasteiger partial charge >= 0.3 is 12.2 Å². The molecule has 0 radical (unpaired) electrons. The maximum absolute atomic E-state index is 12.7. The molecule has 0 spiro atoms. The summed E-state index contributed by atoms with van der Waals surface area (Å²) in [5.41, 5.74) is 2.59. The number of phenols is 1. The molecule has 0 atom stereocenters. The lowest BCUT2D eigenvalue weighted by Crippen LogP contribution is -2.19. The first-order valence-corrected chi connectivity index (χ1v) is 12.4. The molecule has 0 unspecified atom stereocenters. The van der Waals surface area contributed by atoms with Crippen molar-refractivity contribution >= 4 is 44.8 Å². The Hall–Kier alpha value is -4.58. The highest BCUT2D eigenvalue weighted by molar-refractivity contribution is 9.10. The molecule has 0 fully saturated rings. The van der Waals surface area contributed by atoms with Gasteiger partial charge in [-0.15, -0.1) is 0 Å². The topological polar surface area (TPSA) is 104 Å². The van der Waals surface area contributed by atoms with Crippen LogP contribution in [-0.4, -0.2) is 25.7 Å². The number of nitrogens with zero attached hydrogens (tertiary/aromatic N) is 3. The van der Waals surface area contributed by atoms with Crippen LogP contribution in [0.25, 0.3) is 16.9 Å². The van der Waals surface area contributed by atoms with Crippen LogP contribution in [0.15, 0.2) is 89.5 Å². The fourth-order valence-electron chi connectivity index (χ4n) is 3.82. The fourth-order valence-corrected chi connectivity index (χ4v) is 4.17. The summed E-state index contributed by atoms with van der Waals surface area (Å²) in [5.74, 6) is 0.767. The third-order valence-electron chi connectivity index (χ3n) is 5.76. The van der Waals surface area contributed by atoms with E-state index in [-0.39, 0.29) is 11.4 Å². The number of aromatic hydroxyl groups is 1. The van der Waals surface area contributed by atoms with E-state index in [4.69, 9.17) is 0 Å². The van der Waals surface area contributed by atoms with Crippen molar-refractivity contribution in [3.05, 3.63) is 101 Å². The van der Waals surface area contributed by atoms with E-state index in [1.54, 1.807) is 47.1 Å². The van der Waals surface area contributed by atoms with Crippen LogP contribution in [0.5, 0.6) is 5.75 Å². The highest BCUT2D eigenvalue weighted by atomic mass is 79.9. The number of hydrogen-bond acceptors (Lipinski definition) is 5. The van der Waals surface area contributed by atoms with Gasteiger partial charge in [0.05, 0.1) is 21.9 Å². The molecular formula is C27H20BrF3N6O2. The summed E-state index contributed by atoms with van der Waals surface area (Å²) < 4.78 is 40.5. The van der Waals surface area contributed by atoms with Gasteiger partial charge in [0.1, 0.15) is 11.6 Å². The number of aromatic nitrogens is 3. The summed E-state index contributed by atoms with van der Waals surface area (Å²) in [6.45, 7) is 0.425. The minimum absolute atomic E-state index is 0.112. The van der Waals surface area contributed by atoms with Gasteiger partial charge in [-0.25, -0.2) is 9.78 Å². The zero-order valence-corrected chi connectivity index (χ0v) is 21.6. The number of rotatable bonds is 6. The average molecular weight is 597 g/mol. The molecule has 3 aromatic carbocycles. The van der Waals surface area contributed by atoms with Gasteiger partial charge in [0.15, 0.2) is 5.65 Å². The molecule has 0 aliphatic carbocycles. The van der Waals surface area contributed by atoms with Gasteiger partial charge in [-0.3, -0.25) is 0 Å². The highest BCUT2D eigenvalue weighted by Crippen LogP contribution is 2.32. The maximum Gasteiger partial charge on any atom is 0.416 e. The van der Waals surface area contributed by atoms with E-state index in [0.717, 1.165) is 17.7 Å². The van der Waals surface area contributed by atoms with Gasteiger partial charge in [-0.2, -0.15) is 22.8 Å². The molecule has 5 aromatic rings. The number of nitrogens with one attached hydrogen (secondary N) is 3. The third kappa shape index (κ3) is 5.96. The van der Waals surface area contributed by atoms with Gasteiger partial charge in [0.2, 0.25) is 0 Å². The van der Waals surface area contributed by atoms with Crippen LogP contribution in [0.2, 0.25) is 0 Å². The van der Waals surface area contributed by atoms with Crippen molar-refractivity contribution in [1.82, 2.24) is 14.6 Å². The number of para-hydroxylation sites is 1. The number of hydrogen-bond donors (Lipinski definition) is 4. The predicted octanol–water partition coefficient (Wildman–Crippen LogP) is 7.14. The fraction of sp³-hybridized carbons (Fsp3) is 0.0741. The summed E-state index contributed by atoms with van der Waals surface area (Å²) in [4.78, 5) is 16.9. The molecule has 2 heterocycles. The standard InChI is InChI=1S/C27H20BrF3N6O2/c28-21-15-33-37-24(13-22(36-25(21)37)20-3-1-2-4-23(20)38)32-14-16-5-9-18(10-6-16)34-26(39)35-19-11-7-17(8-12-19)27(29,30)31/h1-13,15,32,38H,14H2,(H2,34,35,39). The molecule has 2 aromatic heterocycles. The van der Waals surface area contributed by atoms with Crippen LogP contribution in [0.3, 0.4) is 0 Å². The Morgan fingerprint density at radius 2 is 1.59 bits per heavy atom. The number of halogens is 4. The number of benzene rings is 3. The van der Waals surface area contributed by atoms with Crippen LogP contribution in [-0.2, 0) is 12.7 Å². The van der Waals surface area contributed by atoms with Crippen LogP contribution in [0.4, 0.5) is 35.2 Å². The molecule has 2 amide bonds. The molecule has 0 aliphatic rings. The molecule has 0 bridgehead atoms. The largest absolute Gasteiger partial charge is 0.507 e. The van der Waals surface area contributed by atoms with E-state index in [1.807, 2.05) is 18.2 Å². The number of anilines is 3. The van der Waals surface area contributed by atoms with Crippen LogP contribution < -0.4 is 16.0 Å². The molecule has 39 heavy (non-hydrogen) atoms. The quantitative estimate of drug-likeness (QED) is 0.167. The Bertz CT molecular complexity index is 1640. The second-order valence-electron chi connectivity index (χ2n) is 8.48. The van der Waals surface area contributed by atoms with Crippen molar-refractivity contribution in [3.8, 4) is 17.0 Å². The number of carbonyl (C=O) groups excluding carboxylic acids is 1. The van der Waals surface area contributed by atoms with Crippen molar-refractivity contribution in [1.29, 1.82) is 0 Å². The number of alkyl halides is 3. The molecule has 0 saturated heterocycles. The Morgan fingerprint density at radius 3 is 2.23 bits per heavy atom. The molecule has 0 aliphatic heterocycles. The summed E-state index contributed by atoms with van der Waals surface area (Å²) in [6, 6.07) is 19.4. The van der Waals surface area contributed by atoms with E-state index < -0.39 is 17.8 Å². The van der Waals surface area contributed by atoms with Gasteiger partial charge in [0, 0.05) is 29.5 Å². The molecule has 0 saturated carbocycles. The van der Waals surface area contributed by atoms with Crippen molar-refractivity contribution < 1.29 is 23.1 Å². The van der Waals surface area contributed by atoms with E-state index in [0.29, 0.717) is 39.4 Å². The van der Waals surface area contributed by atoms with Crippen molar-refractivity contribution in [3.63, 3.8) is 0 Å². The second kappa shape index (κ2) is 10.7. The number of phenolic OH excluding ortho intramolecular Hbond substituents is 1. The summed E-state index contributed by atoms with van der Waals surface area (Å²) in [6.07, 6.45) is -2.80. The van der Waals surface area contributed by atoms with Gasteiger partial charge < -0.3 is 21.1 Å². The Balaban J connectivity index is 1.25. The SMILES string of the molecule is O=C(Nc1ccc(CNc2cc(-c3ccccc3O)nc3c(Br)cnn23)cc1)Nc1ccc(C(F)(F)F)cc1. The van der Waals surface area contributed by atoms with Crippen LogP contribution in [0, 0.1) is 0 Å². The lowest BCUT2D eigenvalue weighted by Gasteiger charge is -2.12. The monoisotopic (exact) mass is 596 g/mol. The summed E-state index contributed by atoms with van der Waals surface area (Å²) >= 11 is 3.46. The molecule has 4 N–H and O–H groups in total. The van der Waals surface area contributed by atoms with Crippen LogP contribution >= 0.6 is 15.9 Å². The Morgan fingerprint density at radius 1 is 0.949 bits per heavy atom. The first-order valence-electron chi connectivity index (χ1n) is 11.6. The average Bonchev–Trinajstić information content (AvgIpc) is 3.28. The smallest absolute Gasteiger partial charge is 0.416 e. The second-order valence-corrected chi connectivity index (χ2v) is 9.33. The van der Waals surface area contributed by atoms with E-state index in [2.05, 4.69) is 42.0 Å². The first-order chi connectivity index (χ1) is 18.7. The van der Waals surface area contributed by atoms with Crippen LogP contribution in [0.1, 0.15) is 11.1 Å². The van der Waals surface area contributed by atoms with E-state index in [9.17, 15) is 23.1 Å². The zero-order chi connectivity index (χ0) is 27.6. The third-order valence-corrected chi connectivity index (χ3v) is 6.32. The number of carbonyl (C=O) groups is 1. The summed E-state index contributed by atoms with van der Waals surface area (Å²) in [5, 5.41) is 23.1.